The van der Waals surface area contributed by atoms with Crippen molar-refractivity contribution in [1.82, 2.24) is 34.9 Å². The van der Waals surface area contributed by atoms with Gasteiger partial charge in [-0.1, -0.05) is 5.21 Å². The third-order valence-corrected chi connectivity index (χ3v) is 3.84. The van der Waals surface area contributed by atoms with E-state index in [4.69, 9.17) is 4.74 Å². The number of aromatic nitrogens is 6. The first-order valence-electron chi connectivity index (χ1n) is 8.40. The molecule has 0 saturated heterocycles. The van der Waals surface area contributed by atoms with Crippen molar-refractivity contribution in [3.05, 3.63) is 34.7 Å². The molecule has 2 N–H and O–H groups in total. The van der Waals surface area contributed by atoms with Gasteiger partial charge in [0.25, 0.3) is 5.91 Å². The molecule has 0 aliphatic carbocycles. The zero-order chi connectivity index (χ0) is 20.3. The summed E-state index contributed by atoms with van der Waals surface area (Å²) in [6.07, 6.45) is 2.70. The average Bonchev–Trinajstić information content (AvgIpc) is 3.21. The Balaban J connectivity index is 1.56. The van der Waals surface area contributed by atoms with E-state index in [1.165, 1.54) is 10.9 Å². The lowest BCUT2D eigenvalue weighted by molar-refractivity contribution is 0.0525. The van der Waals surface area contributed by atoms with Crippen LogP contribution in [0.3, 0.4) is 0 Å². The molecule has 3 aromatic rings. The summed E-state index contributed by atoms with van der Waals surface area (Å²) < 4.78 is 9.05. The second-order valence-electron chi connectivity index (χ2n) is 6.85. The lowest BCUT2D eigenvalue weighted by Gasteiger charge is -2.19. The van der Waals surface area contributed by atoms with Gasteiger partial charge in [-0.2, -0.15) is 0 Å². The smallest absolute Gasteiger partial charge is 0.407 e. The van der Waals surface area contributed by atoms with Crippen molar-refractivity contribution in [3.8, 4) is 0 Å². The Bertz CT molecular complexity index is 1010. The van der Waals surface area contributed by atoms with E-state index in [-0.39, 0.29) is 18.2 Å². The number of anilines is 1. The molecule has 0 aliphatic heterocycles. The van der Waals surface area contributed by atoms with E-state index in [2.05, 4.69) is 47.1 Å². The predicted molar refractivity (Wildman–Crippen MR) is 103 cm³/mol. The summed E-state index contributed by atoms with van der Waals surface area (Å²) >= 11 is 3.36. The van der Waals surface area contributed by atoms with E-state index in [0.717, 1.165) is 4.47 Å². The molecule has 148 valence electrons. The Labute approximate surface area is 168 Å². The van der Waals surface area contributed by atoms with Gasteiger partial charge in [0, 0.05) is 17.2 Å². The molecule has 11 nitrogen and oxygen atoms in total. The minimum Gasteiger partial charge on any atom is -0.444 e. The first-order valence-corrected chi connectivity index (χ1v) is 9.19. The lowest BCUT2D eigenvalue weighted by atomic mass is 10.2. The number of pyridine rings is 1. The highest BCUT2D eigenvalue weighted by molar-refractivity contribution is 9.10. The number of amides is 2. The highest BCUT2D eigenvalue weighted by atomic mass is 79.9. The van der Waals surface area contributed by atoms with Crippen molar-refractivity contribution >= 4 is 39.5 Å². The minimum atomic E-state index is -0.565. The molecule has 3 heterocycles. The first kappa shape index (κ1) is 19.7. The fourth-order valence-electron chi connectivity index (χ4n) is 2.21. The first-order chi connectivity index (χ1) is 13.2. The number of halogens is 1. The van der Waals surface area contributed by atoms with Crippen molar-refractivity contribution in [1.29, 1.82) is 0 Å². The number of alkyl carbamates (subject to hydrolysis) is 1. The molecule has 0 spiro atoms. The van der Waals surface area contributed by atoms with E-state index in [0.29, 0.717) is 12.2 Å². The third-order valence-electron chi connectivity index (χ3n) is 3.37. The van der Waals surface area contributed by atoms with Gasteiger partial charge in [0.1, 0.15) is 5.60 Å². The molecular formula is C16H19BrN8O3. The largest absolute Gasteiger partial charge is 0.444 e. The number of rotatable bonds is 5. The number of hydrogen-bond donors (Lipinski definition) is 2. The number of fused-ring (bicyclic) bond motifs is 1. The van der Waals surface area contributed by atoms with Crippen LogP contribution in [0.5, 0.6) is 0 Å². The van der Waals surface area contributed by atoms with Gasteiger partial charge in [-0.25, -0.2) is 9.48 Å². The summed E-state index contributed by atoms with van der Waals surface area (Å²) in [6.45, 7) is 5.97. The predicted octanol–water partition coefficient (Wildman–Crippen LogP) is 1.86. The van der Waals surface area contributed by atoms with Crippen LogP contribution in [0.1, 0.15) is 31.3 Å². The quantitative estimate of drug-likeness (QED) is 0.606. The highest BCUT2D eigenvalue weighted by Crippen LogP contribution is 2.15. The van der Waals surface area contributed by atoms with Crippen LogP contribution < -0.4 is 10.6 Å². The topological polar surface area (TPSA) is 128 Å². The second kappa shape index (κ2) is 7.92. The summed E-state index contributed by atoms with van der Waals surface area (Å²) in [4.78, 5) is 24.0. The number of nitrogens with zero attached hydrogens (tertiary/aromatic N) is 6. The third kappa shape index (κ3) is 5.03. The standard InChI is InChI=1S/C16H19BrN8O3/c1-16(2,3)28-15(27)18-6-7-24-9-11(20-23-24)13(26)19-14-22-21-12-5-4-10(17)8-25(12)14/h4-5,8-9H,6-7H2,1-3H3,(H,18,27)(H,19,22,26). The Kier molecular flexibility index (Phi) is 5.58. The maximum absolute atomic E-state index is 12.4. The maximum atomic E-state index is 12.4. The van der Waals surface area contributed by atoms with E-state index in [1.807, 2.05) is 6.07 Å². The van der Waals surface area contributed by atoms with Gasteiger partial charge in [-0.3, -0.25) is 14.5 Å². The van der Waals surface area contributed by atoms with E-state index < -0.39 is 17.6 Å². The Morgan fingerprint density at radius 2 is 1.96 bits per heavy atom. The van der Waals surface area contributed by atoms with Crippen LogP contribution in [-0.4, -0.2) is 53.7 Å². The molecule has 0 bridgehead atoms. The van der Waals surface area contributed by atoms with Crippen molar-refractivity contribution < 1.29 is 14.3 Å². The van der Waals surface area contributed by atoms with E-state index >= 15 is 0 Å². The Hall–Kier alpha value is -3.02. The number of ether oxygens (including phenoxy) is 1. The van der Waals surface area contributed by atoms with Crippen molar-refractivity contribution in [3.63, 3.8) is 0 Å². The van der Waals surface area contributed by atoms with Gasteiger partial charge < -0.3 is 10.1 Å². The zero-order valence-corrected chi connectivity index (χ0v) is 17.1. The summed E-state index contributed by atoms with van der Waals surface area (Å²) in [5.41, 5.74) is 0.142. The molecule has 3 aromatic heterocycles. The molecule has 0 aliphatic rings. The molecule has 0 unspecified atom stereocenters. The molecule has 0 radical (unpaired) electrons. The Morgan fingerprint density at radius 1 is 1.18 bits per heavy atom. The molecule has 0 fully saturated rings. The van der Waals surface area contributed by atoms with Crippen LogP contribution in [0.15, 0.2) is 29.0 Å². The minimum absolute atomic E-state index is 0.115. The van der Waals surface area contributed by atoms with Gasteiger partial charge in [-0.05, 0) is 48.8 Å². The molecule has 28 heavy (non-hydrogen) atoms. The second-order valence-corrected chi connectivity index (χ2v) is 7.76. The molecule has 2 amide bonds. The van der Waals surface area contributed by atoms with Gasteiger partial charge in [0.05, 0.1) is 12.7 Å². The fourth-order valence-corrected chi connectivity index (χ4v) is 2.55. The monoisotopic (exact) mass is 450 g/mol. The number of hydrogen-bond acceptors (Lipinski definition) is 7. The zero-order valence-electron chi connectivity index (χ0n) is 15.5. The van der Waals surface area contributed by atoms with Crippen molar-refractivity contribution in [2.75, 3.05) is 11.9 Å². The van der Waals surface area contributed by atoms with E-state index in [1.54, 1.807) is 37.4 Å². The van der Waals surface area contributed by atoms with Crippen molar-refractivity contribution in [2.24, 2.45) is 0 Å². The van der Waals surface area contributed by atoms with Crippen LogP contribution in [0.25, 0.3) is 5.65 Å². The number of carbonyl (C=O) groups is 2. The number of nitrogens with one attached hydrogen (secondary N) is 2. The number of carbonyl (C=O) groups excluding carboxylic acids is 2. The van der Waals surface area contributed by atoms with Gasteiger partial charge >= 0.3 is 6.09 Å². The normalized spacial score (nSPS) is 11.4. The molecular weight excluding hydrogens is 432 g/mol. The van der Waals surface area contributed by atoms with Crippen LogP contribution >= 0.6 is 15.9 Å². The average molecular weight is 451 g/mol. The Morgan fingerprint density at radius 3 is 2.71 bits per heavy atom. The van der Waals surface area contributed by atoms with Crippen molar-refractivity contribution in [2.45, 2.75) is 32.9 Å². The van der Waals surface area contributed by atoms with Gasteiger partial charge in [0.2, 0.25) is 5.95 Å². The molecule has 12 heteroatoms. The fraction of sp³-hybridized carbons (Fsp3) is 0.375. The molecule has 3 rings (SSSR count). The maximum Gasteiger partial charge on any atom is 0.407 e. The van der Waals surface area contributed by atoms with Crippen LogP contribution in [0, 0.1) is 0 Å². The lowest BCUT2D eigenvalue weighted by Crippen LogP contribution is -2.34. The van der Waals surface area contributed by atoms with Gasteiger partial charge in [-0.15, -0.1) is 15.3 Å². The summed E-state index contributed by atoms with van der Waals surface area (Å²) in [5, 5.41) is 20.9. The molecule has 0 saturated carbocycles. The van der Waals surface area contributed by atoms with Crippen LogP contribution in [-0.2, 0) is 11.3 Å². The van der Waals surface area contributed by atoms with Crippen LogP contribution in [0.2, 0.25) is 0 Å². The van der Waals surface area contributed by atoms with Gasteiger partial charge in [0.15, 0.2) is 11.3 Å². The van der Waals surface area contributed by atoms with E-state index in [9.17, 15) is 9.59 Å². The highest BCUT2D eigenvalue weighted by Gasteiger charge is 2.17. The molecule has 0 atom stereocenters. The summed E-state index contributed by atoms with van der Waals surface area (Å²) in [5.74, 6) is -0.205. The SMILES string of the molecule is CC(C)(C)OC(=O)NCCn1cc(C(=O)Nc2nnc3ccc(Br)cn23)nn1. The summed E-state index contributed by atoms with van der Waals surface area (Å²) in [7, 11) is 0. The summed E-state index contributed by atoms with van der Waals surface area (Å²) in [6, 6.07) is 3.59. The van der Waals surface area contributed by atoms with Crippen LogP contribution in [0.4, 0.5) is 10.7 Å². The molecule has 0 aromatic carbocycles.